The van der Waals surface area contributed by atoms with Crippen LogP contribution < -0.4 is 5.56 Å². The number of thioether (sulfide) groups is 1. The number of hydrogen-bond donors (Lipinski definition) is 2. The van der Waals surface area contributed by atoms with E-state index in [2.05, 4.69) is 19.9 Å². The molecule has 0 aliphatic heterocycles. The second kappa shape index (κ2) is 5.31. The molecule has 0 aliphatic carbocycles. The number of imidazole rings is 1. The fourth-order valence-electron chi connectivity index (χ4n) is 2.34. The lowest BCUT2D eigenvalue weighted by Gasteiger charge is -2.01. The Kier molecular flexibility index (Phi) is 3.16. The summed E-state index contributed by atoms with van der Waals surface area (Å²) in [5.41, 5.74) is 2.55. The predicted octanol–water partition coefficient (Wildman–Crippen LogP) is 3.09. The molecular weight excluding hydrogens is 296 g/mol. The maximum absolute atomic E-state index is 12.0. The van der Waals surface area contributed by atoms with Crippen LogP contribution in [0.15, 0.2) is 58.5 Å². The van der Waals surface area contributed by atoms with Crippen molar-refractivity contribution in [2.24, 2.45) is 0 Å². The average Bonchev–Trinajstić information content (AvgIpc) is 2.96. The summed E-state index contributed by atoms with van der Waals surface area (Å²) in [4.78, 5) is 27.1. The third-order valence-electron chi connectivity index (χ3n) is 3.38. The van der Waals surface area contributed by atoms with Crippen molar-refractivity contribution in [1.29, 1.82) is 0 Å². The van der Waals surface area contributed by atoms with Crippen molar-refractivity contribution in [3.63, 3.8) is 0 Å². The molecule has 2 N–H and O–H groups in total. The molecule has 0 saturated carbocycles. The van der Waals surface area contributed by atoms with Crippen molar-refractivity contribution in [1.82, 2.24) is 19.9 Å². The van der Waals surface area contributed by atoms with Gasteiger partial charge in [-0.05, 0) is 24.3 Å². The van der Waals surface area contributed by atoms with Gasteiger partial charge in [0.25, 0.3) is 5.56 Å². The summed E-state index contributed by atoms with van der Waals surface area (Å²) in [6.07, 6.45) is 0. The number of hydrogen-bond acceptors (Lipinski definition) is 4. The van der Waals surface area contributed by atoms with Crippen LogP contribution in [0.1, 0.15) is 5.82 Å². The van der Waals surface area contributed by atoms with E-state index in [0.717, 1.165) is 16.9 Å². The predicted molar refractivity (Wildman–Crippen MR) is 88.0 cm³/mol. The highest BCUT2D eigenvalue weighted by Crippen LogP contribution is 2.20. The Balaban J connectivity index is 1.62. The number of fused-ring (bicyclic) bond motifs is 2. The van der Waals surface area contributed by atoms with Gasteiger partial charge in [0, 0.05) is 0 Å². The van der Waals surface area contributed by atoms with E-state index in [4.69, 9.17) is 0 Å². The van der Waals surface area contributed by atoms with E-state index >= 15 is 0 Å². The molecule has 0 atom stereocenters. The molecule has 4 aromatic rings. The van der Waals surface area contributed by atoms with Crippen LogP contribution in [-0.2, 0) is 5.75 Å². The van der Waals surface area contributed by atoms with Crippen molar-refractivity contribution >= 4 is 33.7 Å². The molecule has 22 heavy (non-hydrogen) atoms. The van der Waals surface area contributed by atoms with Crippen LogP contribution in [0.2, 0.25) is 0 Å². The van der Waals surface area contributed by atoms with Gasteiger partial charge in [-0.25, -0.2) is 9.97 Å². The molecule has 6 heteroatoms. The minimum Gasteiger partial charge on any atom is -0.341 e. The van der Waals surface area contributed by atoms with Gasteiger partial charge in [-0.15, -0.1) is 0 Å². The summed E-state index contributed by atoms with van der Waals surface area (Å²) in [7, 11) is 0. The average molecular weight is 308 g/mol. The largest absolute Gasteiger partial charge is 0.341 e. The Labute approximate surface area is 129 Å². The second-order valence-corrected chi connectivity index (χ2v) is 5.84. The molecule has 2 aromatic carbocycles. The van der Waals surface area contributed by atoms with E-state index in [1.807, 2.05) is 42.5 Å². The SMILES string of the molecule is O=c1[nH]c(SCc2nc3ccccc3[nH]2)nc2ccccc12. The number of nitrogens with one attached hydrogen (secondary N) is 2. The van der Waals surface area contributed by atoms with Gasteiger partial charge in [-0.2, -0.15) is 0 Å². The molecule has 0 amide bonds. The Bertz CT molecular complexity index is 988. The quantitative estimate of drug-likeness (QED) is 0.450. The number of H-pyrrole nitrogens is 2. The van der Waals surface area contributed by atoms with E-state index in [9.17, 15) is 4.79 Å². The van der Waals surface area contributed by atoms with Gasteiger partial charge >= 0.3 is 0 Å². The molecule has 0 spiro atoms. The molecule has 2 aromatic heterocycles. The molecule has 4 rings (SSSR count). The lowest BCUT2D eigenvalue weighted by molar-refractivity contribution is 0.970. The van der Waals surface area contributed by atoms with Gasteiger partial charge in [-0.1, -0.05) is 36.0 Å². The summed E-state index contributed by atoms with van der Waals surface area (Å²) in [6, 6.07) is 15.2. The second-order valence-electron chi connectivity index (χ2n) is 4.88. The maximum atomic E-state index is 12.0. The van der Waals surface area contributed by atoms with Crippen LogP contribution in [0.5, 0.6) is 0 Å². The number of benzene rings is 2. The first-order valence-corrected chi connectivity index (χ1v) is 7.84. The van der Waals surface area contributed by atoms with Gasteiger partial charge < -0.3 is 9.97 Å². The van der Waals surface area contributed by atoms with Crippen LogP contribution in [0.4, 0.5) is 0 Å². The molecule has 0 radical (unpaired) electrons. The van der Waals surface area contributed by atoms with E-state index in [-0.39, 0.29) is 5.56 Å². The lowest BCUT2D eigenvalue weighted by Crippen LogP contribution is -2.08. The minimum absolute atomic E-state index is 0.113. The fourth-order valence-corrected chi connectivity index (χ4v) is 3.08. The zero-order chi connectivity index (χ0) is 14.9. The first-order valence-electron chi connectivity index (χ1n) is 6.85. The summed E-state index contributed by atoms with van der Waals surface area (Å²) < 4.78 is 0. The number of nitrogens with zero attached hydrogens (tertiary/aromatic N) is 2. The Hall–Kier alpha value is -2.60. The third kappa shape index (κ3) is 2.37. The maximum Gasteiger partial charge on any atom is 0.259 e. The molecule has 0 unspecified atom stereocenters. The third-order valence-corrected chi connectivity index (χ3v) is 4.26. The topological polar surface area (TPSA) is 74.4 Å². The molecule has 0 fully saturated rings. The molecular formula is C16H12N4OS. The number of aromatic amines is 2. The highest BCUT2D eigenvalue weighted by Gasteiger charge is 2.06. The fraction of sp³-hybridized carbons (Fsp3) is 0.0625. The Morgan fingerprint density at radius 1 is 0.909 bits per heavy atom. The van der Waals surface area contributed by atoms with E-state index < -0.39 is 0 Å². The van der Waals surface area contributed by atoms with Gasteiger partial charge in [0.05, 0.1) is 27.7 Å². The summed E-state index contributed by atoms with van der Waals surface area (Å²) in [5.74, 6) is 1.48. The van der Waals surface area contributed by atoms with Crippen LogP contribution in [0.25, 0.3) is 21.9 Å². The monoisotopic (exact) mass is 308 g/mol. The number of aromatic nitrogens is 4. The van der Waals surface area contributed by atoms with E-state index in [0.29, 0.717) is 21.8 Å². The van der Waals surface area contributed by atoms with Crippen LogP contribution >= 0.6 is 11.8 Å². The number of rotatable bonds is 3. The first-order chi connectivity index (χ1) is 10.8. The first kappa shape index (κ1) is 13.1. The molecule has 108 valence electrons. The van der Waals surface area contributed by atoms with E-state index in [1.165, 1.54) is 11.8 Å². The normalized spacial score (nSPS) is 11.3. The van der Waals surface area contributed by atoms with Crippen molar-refractivity contribution in [3.8, 4) is 0 Å². The summed E-state index contributed by atoms with van der Waals surface area (Å²) in [6.45, 7) is 0. The smallest absolute Gasteiger partial charge is 0.259 e. The van der Waals surface area contributed by atoms with Crippen LogP contribution in [0, 0.1) is 0 Å². The Morgan fingerprint density at radius 3 is 2.55 bits per heavy atom. The number of para-hydroxylation sites is 3. The molecule has 0 saturated heterocycles. The minimum atomic E-state index is -0.113. The molecule has 5 nitrogen and oxygen atoms in total. The van der Waals surface area contributed by atoms with E-state index in [1.54, 1.807) is 6.07 Å². The molecule has 2 heterocycles. The highest BCUT2D eigenvalue weighted by atomic mass is 32.2. The van der Waals surface area contributed by atoms with Crippen molar-refractivity contribution in [2.75, 3.05) is 0 Å². The van der Waals surface area contributed by atoms with Crippen molar-refractivity contribution in [3.05, 3.63) is 64.7 Å². The van der Waals surface area contributed by atoms with Crippen LogP contribution in [-0.4, -0.2) is 19.9 Å². The van der Waals surface area contributed by atoms with Gasteiger partial charge in [0.2, 0.25) is 0 Å². The van der Waals surface area contributed by atoms with Gasteiger partial charge in [0.1, 0.15) is 5.82 Å². The van der Waals surface area contributed by atoms with Crippen molar-refractivity contribution in [2.45, 2.75) is 10.9 Å². The standard InChI is InChI=1S/C16H12N4OS/c21-15-10-5-1-2-6-11(10)19-16(20-15)22-9-14-17-12-7-3-4-8-13(12)18-14/h1-8H,9H2,(H,17,18)(H,19,20,21). The zero-order valence-corrected chi connectivity index (χ0v) is 12.4. The van der Waals surface area contributed by atoms with Gasteiger partial charge in [0.15, 0.2) is 5.16 Å². The molecule has 0 bridgehead atoms. The summed E-state index contributed by atoms with van der Waals surface area (Å²) >= 11 is 1.46. The highest BCUT2D eigenvalue weighted by molar-refractivity contribution is 7.98. The van der Waals surface area contributed by atoms with Gasteiger partial charge in [-0.3, -0.25) is 4.79 Å². The Morgan fingerprint density at radius 2 is 1.68 bits per heavy atom. The van der Waals surface area contributed by atoms with Crippen LogP contribution in [0.3, 0.4) is 0 Å². The van der Waals surface area contributed by atoms with Crippen molar-refractivity contribution < 1.29 is 0 Å². The zero-order valence-electron chi connectivity index (χ0n) is 11.5. The summed E-state index contributed by atoms with van der Waals surface area (Å²) in [5, 5.41) is 1.21. The lowest BCUT2D eigenvalue weighted by atomic mass is 10.2. The molecule has 0 aliphatic rings.